The quantitative estimate of drug-likeness (QED) is 0.799. The molecule has 6 nitrogen and oxygen atoms in total. The molecule has 0 fully saturated rings. The Balaban J connectivity index is 2.92. The first kappa shape index (κ1) is 15.1. The molecule has 1 amide bonds. The lowest BCUT2D eigenvalue weighted by Crippen LogP contribution is -2.26. The van der Waals surface area contributed by atoms with Gasteiger partial charge in [-0.1, -0.05) is 0 Å². The number of amides is 1. The van der Waals surface area contributed by atoms with E-state index in [1.807, 2.05) is 6.07 Å². The summed E-state index contributed by atoms with van der Waals surface area (Å²) in [6.07, 6.45) is 0. The largest absolute Gasteiger partial charge is 0.493 e. The third-order valence-electron chi connectivity index (χ3n) is 2.54. The van der Waals surface area contributed by atoms with E-state index in [1.165, 1.54) is 21.3 Å². The summed E-state index contributed by atoms with van der Waals surface area (Å²) in [7, 11) is 6.10. The van der Waals surface area contributed by atoms with Gasteiger partial charge in [0, 0.05) is 19.2 Å². The number of rotatable bonds is 7. The second-order valence-electron chi connectivity index (χ2n) is 3.70. The van der Waals surface area contributed by atoms with E-state index in [0.717, 1.165) is 5.56 Å². The van der Waals surface area contributed by atoms with E-state index in [-0.39, 0.29) is 12.5 Å². The lowest BCUT2D eigenvalue weighted by Gasteiger charge is -2.16. The standard InChI is InChI=1S/C13H19NO5/c1-16-8-11(15)14-7-9-5-6-10(17-2)13(19-4)12(9)18-3/h5-6H,7-8H2,1-4H3,(H,14,15). The summed E-state index contributed by atoms with van der Waals surface area (Å²) in [5.41, 5.74) is 0.796. The van der Waals surface area contributed by atoms with Crippen LogP contribution in [0.25, 0.3) is 0 Å². The fourth-order valence-corrected chi connectivity index (χ4v) is 1.68. The van der Waals surface area contributed by atoms with Gasteiger partial charge in [-0.05, 0) is 12.1 Å². The van der Waals surface area contributed by atoms with Crippen LogP contribution in [0.3, 0.4) is 0 Å². The van der Waals surface area contributed by atoms with Crippen molar-refractivity contribution in [3.05, 3.63) is 17.7 Å². The van der Waals surface area contributed by atoms with Crippen molar-refractivity contribution < 1.29 is 23.7 Å². The molecule has 1 N–H and O–H groups in total. The van der Waals surface area contributed by atoms with Crippen LogP contribution in [0.4, 0.5) is 0 Å². The fourth-order valence-electron chi connectivity index (χ4n) is 1.68. The number of nitrogens with one attached hydrogen (secondary N) is 1. The van der Waals surface area contributed by atoms with Crippen LogP contribution in [-0.4, -0.2) is 41.0 Å². The summed E-state index contributed by atoms with van der Waals surface area (Å²) in [4.78, 5) is 11.4. The topological polar surface area (TPSA) is 66.0 Å². The lowest BCUT2D eigenvalue weighted by molar-refractivity contribution is -0.124. The number of hydrogen-bond acceptors (Lipinski definition) is 5. The summed E-state index contributed by atoms with van der Waals surface area (Å²) in [5, 5.41) is 2.72. The Labute approximate surface area is 112 Å². The van der Waals surface area contributed by atoms with Gasteiger partial charge in [-0.2, -0.15) is 0 Å². The van der Waals surface area contributed by atoms with Gasteiger partial charge in [-0.25, -0.2) is 0 Å². The van der Waals surface area contributed by atoms with Gasteiger partial charge < -0.3 is 24.3 Å². The number of carbonyl (C=O) groups excluding carboxylic acids is 1. The van der Waals surface area contributed by atoms with E-state index in [2.05, 4.69) is 5.32 Å². The second kappa shape index (κ2) is 7.48. The van der Waals surface area contributed by atoms with Gasteiger partial charge in [-0.15, -0.1) is 0 Å². The monoisotopic (exact) mass is 269 g/mol. The molecular formula is C13H19NO5. The van der Waals surface area contributed by atoms with Gasteiger partial charge in [0.1, 0.15) is 6.61 Å². The predicted octanol–water partition coefficient (Wildman–Crippen LogP) is 0.975. The Bertz CT molecular complexity index is 433. The van der Waals surface area contributed by atoms with E-state index < -0.39 is 0 Å². The zero-order valence-electron chi connectivity index (χ0n) is 11.6. The molecule has 0 saturated heterocycles. The molecule has 6 heteroatoms. The zero-order chi connectivity index (χ0) is 14.3. The highest BCUT2D eigenvalue weighted by atomic mass is 16.5. The average Bonchev–Trinajstić information content (AvgIpc) is 2.43. The van der Waals surface area contributed by atoms with Crippen LogP contribution < -0.4 is 19.5 Å². The molecule has 0 bridgehead atoms. The van der Waals surface area contributed by atoms with Crippen molar-refractivity contribution in [1.82, 2.24) is 5.32 Å². The number of methoxy groups -OCH3 is 4. The third kappa shape index (κ3) is 3.75. The van der Waals surface area contributed by atoms with Crippen molar-refractivity contribution in [3.8, 4) is 17.2 Å². The summed E-state index contributed by atoms with van der Waals surface area (Å²) in [5.74, 6) is 1.42. The lowest BCUT2D eigenvalue weighted by atomic mass is 10.1. The number of benzene rings is 1. The van der Waals surface area contributed by atoms with Crippen LogP contribution in [0, 0.1) is 0 Å². The minimum atomic E-state index is -0.195. The first-order valence-electron chi connectivity index (χ1n) is 5.71. The number of ether oxygens (including phenoxy) is 4. The number of carbonyl (C=O) groups is 1. The normalized spacial score (nSPS) is 9.89. The Morgan fingerprint density at radius 2 is 1.74 bits per heavy atom. The van der Waals surface area contributed by atoms with Gasteiger partial charge >= 0.3 is 0 Å². The van der Waals surface area contributed by atoms with Crippen molar-refractivity contribution in [2.24, 2.45) is 0 Å². The maximum Gasteiger partial charge on any atom is 0.246 e. The van der Waals surface area contributed by atoms with Crippen LogP contribution in [0.2, 0.25) is 0 Å². The van der Waals surface area contributed by atoms with E-state index in [9.17, 15) is 4.79 Å². The first-order valence-corrected chi connectivity index (χ1v) is 5.71. The van der Waals surface area contributed by atoms with Crippen LogP contribution in [0.5, 0.6) is 17.2 Å². The average molecular weight is 269 g/mol. The van der Waals surface area contributed by atoms with Crippen LogP contribution in [-0.2, 0) is 16.1 Å². The van der Waals surface area contributed by atoms with Crippen LogP contribution >= 0.6 is 0 Å². The van der Waals surface area contributed by atoms with E-state index in [4.69, 9.17) is 18.9 Å². The molecule has 0 heterocycles. The van der Waals surface area contributed by atoms with Gasteiger partial charge in [-0.3, -0.25) is 4.79 Å². The molecule has 0 atom stereocenters. The first-order chi connectivity index (χ1) is 9.17. The minimum absolute atomic E-state index is 0.0234. The Morgan fingerprint density at radius 1 is 1.05 bits per heavy atom. The molecule has 0 saturated carbocycles. The molecule has 0 aromatic heterocycles. The van der Waals surface area contributed by atoms with Crippen molar-refractivity contribution in [2.45, 2.75) is 6.54 Å². The van der Waals surface area contributed by atoms with E-state index in [1.54, 1.807) is 13.2 Å². The minimum Gasteiger partial charge on any atom is -0.493 e. The van der Waals surface area contributed by atoms with Crippen molar-refractivity contribution in [3.63, 3.8) is 0 Å². The Morgan fingerprint density at radius 3 is 2.26 bits per heavy atom. The van der Waals surface area contributed by atoms with Crippen molar-refractivity contribution in [1.29, 1.82) is 0 Å². The zero-order valence-corrected chi connectivity index (χ0v) is 11.6. The molecule has 19 heavy (non-hydrogen) atoms. The smallest absolute Gasteiger partial charge is 0.246 e. The molecule has 0 aliphatic rings. The molecule has 0 aliphatic carbocycles. The number of hydrogen-bond donors (Lipinski definition) is 1. The molecule has 1 rings (SSSR count). The Hall–Kier alpha value is -1.95. The van der Waals surface area contributed by atoms with Crippen LogP contribution in [0.15, 0.2) is 12.1 Å². The fraction of sp³-hybridized carbons (Fsp3) is 0.462. The SMILES string of the molecule is COCC(=O)NCc1ccc(OC)c(OC)c1OC. The molecule has 1 aromatic rings. The highest BCUT2D eigenvalue weighted by molar-refractivity contribution is 5.77. The molecule has 0 spiro atoms. The van der Waals surface area contributed by atoms with Gasteiger partial charge in [0.2, 0.25) is 11.7 Å². The maximum absolute atomic E-state index is 11.4. The molecular weight excluding hydrogens is 250 g/mol. The van der Waals surface area contributed by atoms with Crippen molar-refractivity contribution >= 4 is 5.91 Å². The van der Waals surface area contributed by atoms with E-state index >= 15 is 0 Å². The van der Waals surface area contributed by atoms with Gasteiger partial charge in [0.25, 0.3) is 0 Å². The molecule has 106 valence electrons. The highest BCUT2D eigenvalue weighted by Crippen LogP contribution is 2.39. The van der Waals surface area contributed by atoms with E-state index in [0.29, 0.717) is 23.8 Å². The van der Waals surface area contributed by atoms with Gasteiger partial charge in [0.05, 0.1) is 21.3 Å². The summed E-state index contributed by atoms with van der Waals surface area (Å²) in [6.45, 7) is 0.349. The molecule has 0 unspecified atom stereocenters. The van der Waals surface area contributed by atoms with Crippen LogP contribution in [0.1, 0.15) is 5.56 Å². The van der Waals surface area contributed by atoms with Crippen molar-refractivity contribution in [2.75, 3.05) is 35.0 Å². The maximum atomic E-state index is 11.4. The predicted molar refractivity (Wildman–Crippen MR) is 69.8 cm³/mol. The summed E-state index contributed by atoms with van der Waals surface area (Å²) >= 11 is 0. The Kier molecular flexibility index (Phi) is 5.95. The molecule has 0 radical (unpaired) electrons. The molecule has 0 aliphatic heterocycles. The highest BCUT2D eigenvalue weighted by Gasteiger charge is 2.15. The van der Waals surface area contributed by atoms with Gasteiger partial charge in [0.15, 0.2) is 11.5 Å². The third-order valence-corrected chi connectivity index (χ3v) is 2.54. The summed E-state index contributed by atoms with van der Waals surface area (Å²) in [6, 6.07) is 3.58. The summed E-state index contributed by atoms with van der Waals surface area (Å²) < 4.78 is 20.5. The second-order valence-corrected chi connectivity index (χ2v) is 3.70. The molecule has 1 aromatic carbocycles.